The average molecular weight is 223 g/mol. The Balaban J connectivity index is 1.91. The molecule has 90 valence electrons. The number of hydrogen-bond acceptors (Lipinski definition) is 2. The fourth-order valence-corrected chi connectivity index (χ4v) is 3.39. The molecule has 4 atom stereocenters. The van der Waals surface area contributed by atoms with Crippen molar-refractivity contribution in [1.29, 1.82) is 0 Å². The van der Waals surface area contributed by atoms with Gasteiger partial charge in [-0.25, -0.2) is 0 Å². The van der Waals surface area contributed by atoms with Gasteiger partial charge in [-0.1, -0.05) is 5.57 Å². The molecule has 0 aromatic rings. The third kappa shape index (κ3) is 2.14. The SMILES string of the molecule is C=C(C)CCNC1C2CCC(C2)C1C(=O)O. The molecule has 2 saturated carbocycles. The zero-order chi connectivity index (χ0) is 11.7. The highest BCUT2D eigenvalue weighted by atomic mass is 16.4. The van der Waals surface area contributed by atoms with E-state index in [1.54, 1.807) is 0 Å². The van der Waals surface area contributed by atoms with Gasteiger partial charge in [-0.2, -0.15) is 0 Å². The van der Waals surface area contributed by atoms with Crippen molar-refractivity contribution in [2.75, 3.05) is 6.54 Å². The summed E-state index contributed by atoms with van der Waals surface area (Å²) >= 11 is 0. The number of carboxylic acids is 1. The number of nitrogens with one attached hydrogen (secondary N) is 1. The minimum Gasteiger partial charge on any atom is -0.481 e. The minimum absolute atomic E-state index is 0.149. The highest BCUT2D eigenvalue weighted by Crippen LogP contribution is 2.48. The number of rotatable bonds is 5. The molecule has 0 aromatic heterocycles. The molecule has 0 aliphatic heterocycles. The first-order valence-electron chi connectivity index (χ1n) is 6.20. The molecule has 0 radical (unpaired) electrons. The van der Waals surface area contributed by atoms with E-state index >= 15 is 0 Å². The van der Waals surface area contributed by atoms with Crippen molar-refractivity contribution in [2.24, 2.45) is 17.8 Å². The molecule has 2 aliphatic rings. The number of carbonyl (C=O) groups is 1. The van der Waals surface area contributed by atoms with Crippen molar-refractivity contribution in [2.45, 2.75) is 38.6 Å². The van der Waals surface area contributed by atoms with Crippen molar-refractivity contribution < 1.29 is 9.90 Å². The average Bonchev–Trinajstić information content (AvgIpc) is 2.76. The van der Waals surface area contributed by atoms with Crippen LogP contribution in [-0.2, 0) is 4.79 Å². The second kappa shape index (κ2) is 4.58. The van der Waals surface area contributed by atoms with E-state index in [2.05, 4.69) is 11.9 Å². The lowest BCUT2D eigenvalue weighted by atomic mass is 9.84. The monoisotopic (exact) mass is 223 g/mol. The van der Waals surface area contributed by atoms with Crippen molar-refractivity contribution in [1.82, 2.24) is 5.32 Å². The van der Waals surface area contributed by atoms with E-state index in [0.29, 0.717) is 11.8 Å². The zero-order valence-corrected chi connectivity index (χ0v) is 9.91. The third-order valence-electron chi connectivity index (χ3n) is 4.13. The molecule has 16 heavy (non-hydrogen) atoms. The first kappa shape index (κ1) is 11.6. The third-order valence-corrected chi connectivity index (χ3v) is 4.13. The summed E-state index contributed by atoms with van der Waals surface area (Å²) in [6.07, 6.45) is 4.38. The molecule has 2 rings (SSSR count). The molecule has 0 spiro atoms. The lowest BCUT2D eigenvalue weighted by Gasteiger charge is -2.29. The lowest BCUT2D eigenvalue weighted by Crippen LogP contribution is -2.44. The molecule has 0 amide bonds. The van der Waals surface area contributed by atoms with Crippen molar-refractivity contribution in [3.05, 3.63) is 12.2 Å². The molecular formula is C13H21NO2. The van der Waals surface area contributed by atoms with Gasteiger partial charge in [0.25, 0.3) is 0 Å². The largest absolute Gasteiger partial charge is 0.481 e. The summed E-state index contributed by atoms with van der Waals surface area (Å²) in [5.41, 5.74) is 1.16. The van der Waals surface area contributed by atoms with E-state index in [1.807, 2.05) is 6.92 Å². The Morgan fingerprint density at radius 2 is 2.12 bits per heavy atom. The molecule has 4 unspecified atom stereocenters. The molecule has 0 heterocycles. The quantitative estimate of drug-likeness (QED) is 0.701. The second-order valence-electron chi connectivity index (χ2n) is 5.38. The van der Waals surface area contributed by atoms with Gasteiger partial charge in [0.1, 0.15) is 0 Å². The number of hydrogen-bond donors (Lipinski definition) is 2. The molecule has 3 heteroatoms. The Labute approximate surface area is 96.9 Å². The van der Waals surface area contributed by atoms with Crippen LogP contribution < -0.4 is 5.32 Å². The molecular weight excluding hydrogens is 202 g/mol. The lowest BCUT2D eigenvalue weighted by molar-refractivity contribution is -0.144. The van der Waals surface area contributed by atoms with Crippen LogP contribution in [0.1, 0.15) is 32.6 Å². The summed E-state index contributed by atoms with van der Waals surface area (Å²) in [7, 11) is 0. The summed E-state index contributed by atoms with van der Waals surface area (Å²) in [5, 5.41) is 12.7. The summed E-state index contributed by atoms with van der Waals surface area (Å²) in [5.74, 6) is 0.255. The van der Waals surface area contributed by atoms with Crippen molar-refractivity contribution in [3.63, 3.8) is 0 Å². The Kier molecular flexibility index (Phi) is 3.33. The van der Waals surface area contributed by atoms with Crippen LogP contribution in [0.4, 0.5) is 0 Å². The van der Waals surface area contributed by atoms with Gasteiger partial charge in [0.2, 0.25) is 0 Å². The summed E-state index contributed by atoms with van der Waals surface area (Å²) < 4.78 is 0. The predicted octanol–water partition coefficient (Wildman–Crippen LogP) is 2.04. The Hall–Kier alpha value is -0.830. The minimum atomic E-state index is -0.611. The normalized spacial score (nSPS) is 36.6. The topological polar surface area (TPSA) is 49.3 Å². The predicted molar refractivity (Wildman–Crippen MR) is 63.2 cm³/mol. The first-order valence-corrected chi connectivity index (χ1v) is 6.20. The summed E-state index contributed by atoms with van der Waals surface area (Å²) in [6, 6.07) is 0.204. The Morgan fingerprint density at radius 3 is 2.75 bits per heavy atom. The van der Waals surface area contributed by atoms with Crippen LogP contribution in [0.5, 0.6) is 0 Å². The molecule has 2 N–H and O–H groups in total. The van der Waals surface area contributed by atoms with Gasteiger partial charge < -0.3 is 10.4 Å². The smallest absolute Gasteiger partial charge is 0.308 e. The van der Waals surface area contributed by atoms with E-state index in [4.69, 9.17) is 0 Å². The first-order chi connectivity index (χ1) is 7.59. The van der Waals surface area contributed by atoms with Crippen LogP contribution in [0.3, 0.4) is 0 Å². The van der Waals surface area contributed by atoms with Gasteiger partial charge in [-0.3, -0.25) is 4.79 Å². The maximum atomic E-state index is 11.2. The maximum absolute atomic E-state index is 11.2. The van der Waals surface area contributed by atoms with Crippen LogP contribution in [0, 0.1) is 17.8 Å². The van der Waals surface area contributed by atoms with E-state index in [1.165, 1.54) is 6.42 Å². The van der Waals surface area contributed by atoms with Crippen LogP contribution in [0.2, 0.25) is 0 Å². The van der Waals surface area contributed by atoms with Crippen molar-refractivity contribution in [3.8, 4) is 0 Å². The maximum Gasteiger partial charge on any atom is 0.308 e. The van der Waals surface area contributed by atoms with Crippen LogP contribution >= 0.6 is 0 Å². The molecule has 0 aromatic carbocycles. The van der Waals surface area contributed by atoms with E-state index < -0.39 is 5.97 Å². The van der Waals surface area contributed by atoms with Crippen LogP contribution in [0.25, 0.3) is 0 Å². The van der Waals surface area contributed by atoms with Crippen LogP contribution in [0.15, 0.2) is 12.2 Å². The molecule has 2 aliphatic carbocycles. The van der Waals surface area contributed by atoms with Crippen LogP contribution in [-0.4, -0.2) is 23.7 Å². The van der Waals surface area contributed by atoms with E-state index in [0.717, 1.165) is 31.4 Å². The van der Waals surface area contributed by atoms with Gasteiger partial charge in [0.05, 0.1) is 5.92 Å². The van der Waals surface area contributed by atoms with Gasteiger partial charge in [-0.15, -0.1) is 6.58 Å². The molecule has 2 fully saturated rings. The van der Waals surface area contributed by atoms with Gasteiger partial charge >= 0.3 is 5.97 Å². The van der Waals surface area contributed by atoms with Gasteiger partial charge in [-0.05, 0) is 51.0 Å². The Morgan fingerprint density at radius 1 is 1.44 bits per heavy atom. The van der Waals surface area contributed by atoms with E-state index in [-0.39, 0.29) is 12.0 Å². The molecule has 0 saturated heterocycles. The number of aliphatic carboxylic acids is 1. The second-order valence-corrected chi connectivity index (χ2v) is 5.38. The van der Waals surface area contributed by atoms with E-state index in [9.17, 15) is 9.90 Å². The highest BCUT2D eigenvalue weighted by molar-refractivity contribution is 5.72. The fraction of sp³-hybridized carbons (Fsp3) is 0.769. The molecule has 3 nitrogen and oxygen atoms in total. The van der Waals surface area contributed by atoms with Gasteiger partial charge in [0.15, 0.2) is 0 Å². The summed E-state index contributed by atoms with van der Waals surface area (Å²) in [4.78, 5) is 11.2. The fourth-order valence-electron chi connectivity index (χ4n) is 3.39. The summed E-state index contributed by atoms with van der Waals surface area (Å²) in [6.45, 7) is 6.74. The Bertz CT molecular complexity index is 300. The van der Waals surface area contributed by atoms with Gasteiger partial charge in [0, 0.05) is 6.04 Å². The molecule has 2 bridgehead atoms. The highest BCUT2D eigenvalue weighted by Gasteiger charge is 2.50. The zero-order valence-electron chi connectivity index (χ0n) is 9.91. The number of fused-ring (bicyclic) bond motifs is 2. The number of carboxylic acid groups (broad SMARTS) is 1. The standard InChI is InChI=1S/C13H21NO2/c1-8(2)5-6-14-12-10-4-3-9(7-10)11(12)13(15)16/h9-12,14H,1,3-7H2,2H3,(H,15,16). The van der Waals surface area contributed by atoms with Crippen molar-refractivity contribution >= 4 is 5.97 Å².